The summed E-state index contributed by atoms with van der Waals surface area (Å²) in [5.74, 6) is 0.772. The molecule has 1 aromatic carbocycles. The van der Waals surface area contributed by atoms with Crippen molar-refractivity contribution in [3.63, 3.8) is 0 Å². The Bertz CT molecular complexity index is 827. The predicted molar refractivity (Wildman–Crippen MR) is 126 cm³/mol. The summed E-state index contributed by atoms with van der Waals surface area (Å²) < 4.78 is 0. The molecule has 30 heavy (non-hydrogen) atoms. The van der Waals surface area contributed by atoms with Crippen molar-refractivity contribution in [3.8, 4) is 0 Å². The first kappa shape index (κ1) is 25.9. The van der Waals surface area contributed by atoms with Crippen LogP contribution in [0.1, 0.15) is 42.1 Å². The average Bonchev–Trinajstić information content (AvgIpc) is 2.71. The third-order valence-electron chi connectivity index (χ3n) is 5.41. The van der Waals surface area contributed by atoms with E-state index in [0.29, 0.717) is 35.2 Å². The fourth-order valence-electron chi connectivity index (χ4n) is 3.62. The van der Waals surface area contributed by atoms with Gasteiger partial charge in [0.25, 0.3) is 5.91 Å². The lowest BCUT2D eigenvalue weighted by molar-refractivity contribution is -0.117. The summed E-state index contributed by atoms with van der Waals surface area (Å²) in [5.41, 5.74) is 2.85. The van der Waals surface area contributed by atoms with E-state index < -0.39 is 0 Å². The number of pyridine rings is 1. The second kappa shape index (κ2) is 12.5. The van der Waals surface area contributed by atoms with Crippen LogP contribution in [0, 0.1) is 18.8 Å². The van der Waals surface area contributed by atoms with E-state index in [-0.39, 0.29) is 36.6 Å². The number of rotatable bonds is 6. The number of hydrogen-bond donors (Lipinski definition) is 3. The number of halogens is 2. The molecule has 1 unspecified atom stereocenters. The van der Waals surface area contributed by atoms with Gasteiger partial charge in [-0.2, -0.15) is 0 Å². The number of carbonyl (C=O) groups is 2. The van der Waals surface area contributed by atoms with Crippen molar-refractivity contribution >= 4 is 48.0 Å². The van der Waals surface area contributed by atoms with Gasteiger partial charge in [-0.05, 0) is 74.5 Å². The monoisotopic (exact) mass is 452 g/mol. The van der Waals surface area contributed by atoms with Gasteiger partial charge in [-0.1, -0.05) is 13.0 Å². The molecule has 1 aliphatic heterocycles. The maximum Gasteiger partial charge on any atom is 0.255 e. The van der Waals surface area contributed by atoms with Crippen LogP contribution in [0.3, 0.4) is 0 Å². The minimum absolute atomic E-state index is 0. The molecule has 2 aromatic rings. The Labute approximate surface area is 190 Å². The van der Waals surface area contributed by atoms with Crippen LogP contribution >= 0.6 is 24.8 Å². The smallest absolute Gasteiger partial charge is 0.255 e. The molecule has 0 aliphatic carbocycles. The highest BCUT2D eigenvalue weighted by molar-refractivity contribution is 6.05. The number of nitrogens with zero attached hydrogens (tertiary/aromatic N) is 1. The predicted octanol–water partition coefficient (Wildman–Crippen LogP) is 4.45. The number of amides is 2. The van der Waals surface area contributed by atoms with Gasteiger partial charge >= 0.3 is 0 Å². The van der Waals surface area contributed by atoms with Crippen molar-refractivity contribution in [3.05, 3.63) is 53.9 Å². The SMILES string of the molecule is Cc1ccc(NC(=O)CC(C)C2CCNCC2)cc1NC(=O)c1ccncc1.Cl.Cl. The number of aryl methyl sites for hydroxylation is 1. The standard InChI is InChI=1S/C22H28N4O2.2ClH/c1-15-3-4-19(14-20(15)26-22(28)18-7-11-24-12-8-18)25-21(27)13-16(2)17-5-9-23-10-6-17;;/h3-4,7-8,11-12,14,16-17,23H,5-6,9-10,13H2,1-2H3,(H,25,27)(H,26,28);2*1H. The Kier molecular flexibility index (Phi) is 10.8. The molecule has 1 atom stereocenters. The molecule has 2 heterocycles. The van der Waals surface area contributed by atoms with Gasteiger partial charge in [0.1, 0.15) is 0 Å². The molecule has 0 saturated carbocycles. The van der Waals surface area contributed by atoms with Crippen molar-refractivity contribution in [2.45, 2.75) is 33.1 Å². The van der Waals surface area contributed by atoms with Gasteiger partial charge in [0.15, 0.2) is 0 Å². The number of nitrogens with one attached hydrogen (secondary N) is 3. The topological polar surface area (TPSA) is 83.1 Å². The first-order valence-electron chi connectivity index (χ1n) is 9.85. The summed E-state index contributed by atoms with van der Waals surface area (Å²) in [6.45, 7) is 6.16. The molecular formula is C22H30Cl2N4O2. The van der Waals surface area contributed by atoms with Crippen LogP contribution in [0.5, 0.6) is 0 Å². The Morgan fingerprint density at radius 2 is 1.77 bits per heavy atom. The number of hydrogen-bond acceptors (Lipinski definition) is 4. The Balaban J connectivity index is 0.00000225. The van der Waals surface area contributed by atoms with E-state index in [1.165, 1.54) is 0 Å². The summed E-state index contributed by atoms with van der Waals surface area (Å²) in [6.07, 6.45) is 5.94. The normalized spacial score (nSPS) is 14.6. The van der Waals surface area contributed by atoms with Crippen LogP contribution in [0.25, 0.3) is 0 Å². The Morgan fingerprint density at radius 1 is 1.10 bits per heavy atom. The van der Waals surface area contributed by atoms with E-state index in [4.69, 9.17) is 0 Å². The molecule has 6 nitrogen and oxygen atoms in total. The first-order valence-corrected chi connectivity index (χ1v) is 9.85. The molecule has 1 aliphatic rings. The van der Waals surface area contributed by atoms with Gasteiger partial charge in [-0.15, -0.1) is 24.8 Å². The van der Waals surface area contributed by atoms with Crippen LogP contribution in [-0.4, -0.2) is 29.9 Å². The fourth-order valence-corrected chi connectivity index (χ4v) is 3.62. The lowest BCUT2D eigenvalue weighted by Crippen LogP contribution is -2.32. The molecule has 3 rings (SSSR count). The molecule has 164 valence electrons. The van der Waals surface area contributed by atoms with Crippen molar-refractivity contribution in [2.24, 2.45) is 11.8 Å². The lowest BCUT2D eigenvalue weighted by Gasteiger charge is -2.27. The zero-order valence-electron chi connectivity index (χ0n) is 17.3. The molecule has 8 heteroatoms. The van der Waals surface area contributed by atoms with Crippen molar-refractivity contribution < 1.29 is 9.59 Å². The lowest BCUT2D eigenvalue weighted by atomic mass is 9.84. The minimum atomic E-state index is -0.200. The van der Waals surface area contributed by atoms with Gasteiger partial charge in [-0.3, -0.25) is 14.6 Å². The van der Waals surface area contributed by atoms with E-state index in [1.807, 2.05) is 25.1 Å². The third-order valence-corrected chi connectivity index (χ3v) is 5.41. The number of aromatic nitrogens is 1. The van der Waals surface area contributed by atoms with Crippen LogP contribution in [0.2, 0.25) is 0 Å². The second-order valence-electron chi connectivity index (χ2n) is 7.54. The summed E-state index contributed by atoms with van der Waals surface area (Å²) >= 11 is 0. The van der Waals surface area contributed by atoms with Gasteiger partial charge in [0.05, 0.1) is 0 Å². The van der Waals surface area contributed by atoms with Gasteiger partial charge in [0.2, 0.25) is 5.91 Å². The number of piperidine rings is 1. The Morgan fingerprint density at radius 3 is 2.43 bits per heavy atom. The van der Waals surface area contributed by atoms with E-state index in [0.717, 1.165) is 31.5 Å². The molecular weight excluding hydrogens is 423 g/mol. The zero-order valence-corrected chi connectivity index (χ0v) is 18.9. The molecule has 1 fully saturated rings. The third kappa shape index (κ3) is 7.27. The van der Waals surface area contributed by atoms with Gasteiger partial charge < -0.3 is 16.0 Å². The quantitative estimate of drug-likeness (QED) is 0.604. The number of carbonyl (C=O) groups excluding carboxylic acids is 2. The summed E-state index contributed by atoms with van der Waals surface area (Å²) in [5, 5.41) is 9.25. The van der Waals surface area contributed by atoms with Crippen molar-refractivity contribution in [1.82, 2.24) is 10.3 Å². The number of anilines is 2. The molecule has 0 bridgehead atoms. The van der Waals surface area contributed by atoms with Crippen LogP contribution in [0.15, 0.2) is 42.7 Å². The van der Waals surface area contributed by atoms with Gasteiger partial charge in [-0.25, -0.2) is 0 Å². The van der Waals surface area contributed by atoms with E-state index in [9.17, 15) is 9.59 Å². The van der Waals surface area contributed by atoms with Gasteiger partial charge in [0, 0.05) is 35.8 Å². The Hall–Kier alpha value is -2.15. The van der Waals surface area contributed by atoms with Crippen LogP contribution < -0.4 is 16.0 Å². The summed E-state index contributed by atoms with van der Waals surface area (Å²) in [6, 6.07) is 8.90. The highest BCUT2D eigenvalue weighted by atomic mass is 35.5. The molecule has 1 aromatic heterocycles. The molecule has 2 amide bonds. The van der Waals surface area contributed by atoms with E-state index >= 15 is 0 Å². The highest BCUT2D eigenvalue weighted by Crippen LogP contribution is 2.26. The highest BCUT2D eigenvalue weighted by Gasteiger charge is 2.22. The summed E-state index contributed by atoms with van der Waals surface area (Å²) in [4.78, 5) is 28.8. The van der Waals surface area contributed by atoms with Crippen molar-refractivity contribution in [2.75, 3.05) is 23.7 Å². The summed E-state index contributed by atoms with van der Waals surface area (Å²) in [7, 11) is 0. The molecule has 0 spiro atoms. The number of benzene rings is 1. The fraction of sp³-hybridized carbons (Fsp3) is 0.409. The largest absolute Gasteiger partial charge is 0.326 e. The maximum atomic E-state index is 12.5. The van der Waals surface area contributed by atoms with Crippen molar-refractivity contribution in [1.29, 1.82) is 0 Å². The second-order valence-corrected chi connectivity index (χ2v) is 7.54. The molecule has 3 N–H and O–H groups in total. The van der Waals surface area contributed by atoms with Crippen LogP contribution in [-0.2, 0) is 4.79 Å². The molecule has 1 saturated heterocycles. The molecule has 0 radical (unpaired) electrons. The average molecular weight is 453 g/mol. The first-order chi connectivity index (χ1) is 13.5. The maximum absolute atomic E-state index is 12.5. The van der Waals surface area contributed by atoms with E-state index in [2.05, 4.69) is 27.9 Å². The minimum Gasteiger partial charge on any atom is -0.326 e. The van der Waals surface area contributed by atoms with Crippen LogP contribution in [0.4, 0.5) is 11.4 Å². The van der Waals surface area contributed by atoms with E-state index in [1.54, 1.807) is 24.5 Å². The zero-order chi connectivity index (χ0) is 19.9.